The summed E-state index contributed by atoms with van der Waals surface area (Å²) in [5.41, 5.74) is 12.8. The first kappa shape index (κ1) is 32.7. The summed E-state index contributed by atoms with van der Waals surface area (Å²) in [6.07, 6.45) is 0. The average Bonchev–Trinajstić information content (AvgIpc) is 3.92. The van der Waals surface area contributed by atoms with Crippen LogP contribution >= 0.6 is 11.8 Å². The van der Waals surface area contributed by atoms with Crippen molar-refractivity contribution in [2.24, 2.45) is 0 Å². The molecule has 0 radical (unpaired) electrons. The minimum absolute atomic E-state index is 0.547. The Labute approximate surface area is 337 Å². The third-order valence-corrected chi connectivity index (χ3v) is 11.8. The predicted octanol–water partition coefficient (Wildman–Crippen LogP) is 14.5. The van der Waals surface area contributed by atoms with Gasteiger partial charge in [-0.25, -0.2) is 9.97 Å². The van der Waals surface area contributed by atoms with Crippen LogP contribution in [0, 0.1) is 0 Å². The van der Waals surface area contributed by atoms with Crippen molar-refractivity contribution in [3.63, 3.8) is 0 Å². The molecule has 10 aromatic rings. The molecule has 0 aliphatic carbocycles. The van der Waals surface area contributed by atoms with Crippen molar-refractivity contribution in [2.75, 3.05) is 9.80 Å². The van der Waals surface area contributed by atoms with Crippen LogP contribution in [0.15, 0.2) is 201 Å². The van der Waals surface area contributed by atoms with Gasteiger partial charge in [-0.3, -0.25) is 0 Å². The molecule has 8 heteroatoms. The van der Waals surface area contributed by atoms with E-state index in [0.717, 1.165) is 90.1 Å². The molecule has 12 rings (SSSR count). The molecule has 0 amide bonds. The second-order valence-corrected chi connectivity index (χ2v) is 15.3. The van der Waals surface area contributed by atoms with E-state index in [1.807, 2.05) is 84.9 Å². The van der Waals surface area contributed by atoms with Crippen molar-refractivity contribution in [3.05, 3.63) is 182 Å². The highest BCUT2D eigenvalue weighted by atomic mass is 32.2. The second kappa shape index (κ2) is 13.0. The van der Waals surface area contributed by atoms with Gasteiger partial charge in [-0.2, -0.15) is 0 Å². The highest BCUT2D eigenvalue weighted by molar-refractivity contribution is 7.99. The average molecular weight is 767 g/mol. The molecular formula is C50H30N4O3S. The van der Waals surface area contributed by atoms with Crippen LogP contribution in [0.5, 0.6) is 11.5 Å². The Hall–Kier alpha value is -7.55. The minimum Gasteiger partial charge on any atom is -0.453 e. The van der Waals surface area contributed by atoms with Crippen LogP contribution in [0.4, 0.5) is 34.1 Å². The van der Waals surface area contributed by atoms with Gasteiger partial charge in [0.15, 0.2) is 22.7 Å². The van der Waals surface area contributed by atoms with Gasteiger partial charge in [0.2, 0.25) is 11.8 Å². The van der Waals surface area contributed by atoms with Gasteiger partial charge in [0.25, 0.3) is 0 Å². The molecule has 0 bridgehead atoms. The van der Waals surface area contributed by atoms with Gasteiger partial charge in [0.05, 0.1) is 34.1 Å². The van der Waals surface area contributed by atoms with E-state index in [2.05, 4.69) is 107 Å². The van der Waals surface area contributed by atoms with Crippen molar-refractivity contribution < 1.29 is 13.6 Å². The number of ether oxygens (including phenoxy) is 1. The first-order chi connectivity index (χ1) is 28.7. The van der Waals surface area contributed by atoms with E-state index in [1.165, 1.54) is 9.79 Å². The predicted molar refractivity (Wildman–Crippen MR) is 231 cm³/mol. The van der Waals surface area contributed by atoms with E-state index in [-0.39, 0.29) is 0 Å². The summed E-state index contributed by atoms with van der Waals surface area (Å²) in [6.45, 7) is 0. The number of hydrogen-bond acceptors (Lipinski definition) is 8. The quantitative estimate of drug-likeness (QED) is 0.172. The molecule has 0 spiro atoms. The fraction of sp³-hybridized carbons (Fsp3) is 0. The maximum absolute atomic E-state index is 6.52. The first-order valence-corrected chi connectivity index (χ1v) is 19.9. The zero-order valence-corrected chi connectivity index (χ0v) is 31.6. The highest BCUT2D eigenvalue weighted by Gasteiger charge is 2.32. The lowest BCUT2D eigenvalue weighted by molar-refractivity contribution is 0.477. The maximum atomic E-state index is 6.52. The van der Waals surface area contributed by atoms with Gasteiger partial charge >= 0.3 is 0 Å². The Morgan fingerprint density at radius 1 is 0.379 bits per heavy atom. The molecule has 2 aliphatic heterocycles. The zero-order valence-electron chi connectivity index (χ0n) is 30.7. The SMILES string of the molecule is c1ccc2c(c1)Oc1ccccc1N2c1cc(-c2nc3ccccc3o2)ccc1-c1ccc(-c2nc3ccccc3o2)cc1N1c2ccccc2Sc2ccccc21. The molecule has 7 nitrogen and oxygen atoms in total. The number of para-hydroxylation sites is 10. The second-order valence-electron chi connectivity index (χ2n) is 14.2. The van der Waals surface area contributed by atoms with Crippen molar-refractivity contribution >= 4 is 68.1 Å². The largest absolute Gasteiger partial charge is 0.453 e. The number of anilines is 6. The van der Waals surface area contributed by atoms with Gasteiger partial charge in [-0.15, -0.1) is 0 Å². The molecule has 0 fully saturated rings. The third-order valence-electron chi connectivity index (χ3n) is 10.7. The van der Waals surface area contributed by atoms with Gasteiger partial charge in [0.1, 0.15) is 11.0 Å². The number of oxazole rings is 2. The Morgan fingerprint density at radius 2 is 0.793 bits per heavy atom. The first-order valence-electron chi connectivity index (χ1n) is 19.1. The van der Waals surface area contributed by atoms with E-state index in [0.29, 0.717) is 11.8 Å². The Kier molecular flexibility index (Phi) is 7.33. The molecular weight excluding hydrogens is 737 g/mol. The molecule has 0 unspecified atom stereocenters. The molecule has 0 atom stereocenters. The number of nitrogens with zero attached hydrogens (tertiary/aromatic N) is 4. The van der Waals surface area contributed by atoms with Crippen molar-refractivity contribution in [3.8, 4) is 45.5 Å². The smallest absolute Gasteiger partial charge is 0.227 e. The summed E-state index contributed by atoms with van der Waals surface area (Å²) in [5, 5.41) is 0. The van der Waals surface area contributed by atoms with Gasteiger partial charge < -0.3 is 23.4 Å². The molecule has 8 aromatic carbocycles. The summed E-state index contributed by atoms with van der Waals surface area (Å²) in [6, 6.07) is 62.3. The number of aromatic nitrogens is 2. The van der Waals surface area contributed by atoms with Crippen molar-refractivity contribution in [1.82, 2.24) is 9.97 Å². The lowest BCUT2D eigenvalue weighted by atomic mass is 9.95. The van der Waals surface area contributed by atoms with Gasteiger partial charge in [-0.1, -0.05) is 96.7 Å². The lowest BCUT2D eigenvalue weighted by Crippen LogP contribution is -2.18. The highest BCUT2D eigenvalue weighted by Crippen LogP contribution is 2.57. The summed E-state index contributed by atoms with van der Waals surface area (Å²) in [7, 11) is 0. The topological polar surface area (TPSA) is 67.8 Å². The summed E-state index contributed by atoms with van der Waals surface area (Å²) < 4.78 is 19.3. The monoisotopic (exact) mass is 766 g/mol. The molecule has 0 saturated carbocycles. The van der Waals surface area contributed by atoms with Crippen molar-refractivity contribution in [1.29, 1.82) is 0 Å². The van der Waals surface area contributed by atoms with Gasteiger partial charge in [-0.05, 0) is 97.1 Å². The van der Waals surface area contributed by atoms with Crippen LogP contribution < -0.4 is 14.5 Å². The molecule has 274 valence electrons. The van der Waals surface area contributed by atoms with Crippen LogP contribution in [-0.4, -0.2) is 9.97 Å². The number of rotatable bonds is 5. The number of hydrogen-bond donors (Lipinski definition) is 0. The van der Waals surface area contributed by atoms with E-state index >= 15 is 0 Å². The molecule has 2 aliphatic rings. The minimum atomic E-state index is 0.547. The fourth-order valence-electron chi connectivity index (χ4n) is 8.07. The van der Waals surface area contributed by atoms with E-state index < -0.39 is 0 Å². The molecule has 2 aromatic heterocycles. The van der Waals surface area contributed by atoms with E-state index in [4.69, 9.17) is 23.5 Å². The lowest BCUT2D eigenvalue weighted by Gasteiger charge is -2.36. The molecule has 58 heavy (non-hydrogen) atoms. The van der Waals surface area contributed by atoms with Crippen LogP contribution in [-0.2, 0) is 0 Å². The fourth-order valence-corrected chi connectivity index (χ4v) is 9.13. The standard InChI is InChI=1S/C50H30N4O3S/c1-7-19-43-35(13-1)51-49(56-43)31-25-27-33(41(29-31)53-37-15-3-9-21-45(37)55-46-22-10-4-16-38(46)53)34-28-26-32(50-52-36-14-2-8-20-44(36)57-50)30-42(34)54-39-17-5-11-23-47(39)58-48-24-12-6-18-40(48)54/h1-30H. The molecule has 4 heterocycles. The van der Waals surface area contributed by atoms with Crippen LogP contribution in [0.1, 0.15) is 0 Å². The van der Waals surface area contributed by atoms with Crippen LogP contribution in [0.2, 0.25) is 0 Å². The van der Waals surface area contributed by atoms with Crippen LogP contribution in [0.25, 0.3) is 56.2 Å². The normalized spacial score (nSPS) is 12.8. The Morgan fingerprint density at radius 3 is 1.29 bits per heavy atom. The van der Waals surface area contributed by atoms with Crippen LogP contribution in [0.3, 0.4) is 0 Å². The van der Waals surface area contributed by atoms with Crippen molar-refractivity contribution in [2.45, 2.75) is 9.79 Å². The summed E-state index contributed by atoms with van der Waals surface area (Å²) in [5.74, 6) is 2.64. The zero-order chi connectivity index (χ0) is 38.2. The summed E-state index contributed by atoms with van der Waals surface area (Å²) >= 11 is 1.79. The molecule has 0 saturated heterocycles. The Bertz CT molecular complexity index is 2870. The number of benzene rings is 8. The van der Waals surface area contributed by atoms with E-state index in [1.54, 1.807) is 11.8 Å². The summed E-state index contributed by atoms with van der Waals surface area (Å²) in [4.78, 5) is 16.9. The van der Waals surface area contributed by atoms with E-state index in [9.17, 15) is 0 Å². The van der Waals surface area contributed by atoms with Gasteiger partial charge in [0, 0.05) is 32.0 Å². The number of fused-ring (bicyclic) bond motifs is 6. The Balaban J connectivity index is 1.15. The molecule has 0 N–H and O–H groups in total. The maximum Gasteiger partial charge on any atom is 0.227 e. The third kappa shape index (κ3) is 5.23.